The molecule has 1 aromatic rings. The van der Waals surface area contributed by atoms with Gasteiger partial charge in [-0.3, -0.25) is 9.69 Å². The molecule has 104 valence electrons. The van der Waals surface area contributed by atoms with Gasteiger partial charge in [0, 0.05) is 5.69 Å². The highest BCUT2D eigenvalue weighted by atomic mass is 35.5. The molecule has 2 rings (SSSR count). The van der Waals surface area contributed by atoms with Gasteiger partial charge in [-0.1, -0.05) is 13.8 Å². The zero-order chi connectivity index (χ0) is 14.3. The Bertz CT molecular complexity index is 518. The molecule has 2 unspecified atom stereocenters. The van der Waals surface area contributed by atoms with E-state index in [1.54, 1.807) is 11.0 Å². The zero-order valence-electron chi connectivity index (χ0n) is 11.5. The first-order valence-electron chi connectivity index (χ1n) is 6.29. The number of rotatable bonds is 2. The van der Waals surface area contributed by atoms with Crippen LogP contribution < -0.4 is 4.90 Å². The summed E-state index contributed by atoms with van der Waals surface area (Å²) < 4.78 is -0.522. The van der Waals surface area contributed by atoms with Crippen molar-refractivity contribution in [2.75, 3.05) is 4.90 Å². The smallest absolute Gasteiger partial charge is 0.256 e. The maximum Gasteiger partial charge on any atom is 0.256 e. The van der Waals surface area contributed by atoms with E-state index in [-0.39, 0.29) is 22.9 Å². The summed E-state index contributed by atoms with van der Waals surface area (Å²) in [5, 5.41) is 9.99. The lowest BCUT2D eigenvalue weighted by atomic mass is 9.98. The summed E-state index contributed by atoms with van der Waals surface area (Å²) in [5.41, 5.74) is 2.58. The molecule has 1 heterocycles. The van der Waals surface area contributed by atoms with Crippen LogP contribution in [0.5, 0.6) is 5.75 Å². The van der Waals surface area contributed by atoms with Crippen molar-refractivity contribution in [3.63, 3.8) is 0 Å². The number of aromatic hydroxyl groups is 1. The summed E-state index contributed by atoms with van der Waals surface area (Å²) in [6, 6.07) is 3.62. The molecule has 0 radical (unpaired) electrons. The first kappa shape index (κ1) is 14.5. The number of halogens is 1. The third kappa shape index (κ3) is 2.56. The largest absolute Gasteiger partial charge is 0.508 e. The molecule has 1 N–H and O–H groups in total. The molecule has 0 spiro atoms. The molecule has 0 aromatic heterocycles. The van der Waals surface area contributed by atoms with E-state index < -0.39 is 4.71 Å². The van der Waals surface area contributed by atoms with Crippen LogP contribution in [0.25, 0.3) is 0 Å². The lowest BCUT2D eigenvalue weighted by molar-refractivity contribution is -0.116. The fraction of sp³-hybridized carbons (Fsp3) is 0.500. The molecule has 2 atom stereocenters. The lowest BCUT2D eigenvalue weighted by Gasteiger charge is -2.24. The Hall–Kier alpha value is -0.870. The number of carbonyl (C=O) groups excluding carboxylic acids is 1. The number of hydrogen-bond acceptors (Lipinski definition) is 3. The van der Waals surface area contributed by atoms with Gasteiger partial charge in [0.1, 0.15) is 5.75 Å². The predicted molar refractivity (Wildman–Crippen MR) is 81.1 cm³/mol. The van der Waals surface area contributed by atoms with Crippen molar-refractivity contribution in [2.24, 2.45) is 0 Å². The van der Waals surface area contributed by atoms with Crippen LogP contribution in [0.3, 0.4) is 0 Å². The molecule has 1 saturated heterocycles. The van der Waals surface area contributed by atoms with Crippen molar-refractivity contribution in [2.45, 2.75) is 43.7 Å². The summed E-state index contributed by atoms with van der Waals surface area (Å²) in [5.74, 6) is 0.403. The summed E-state index contributed by atoms with van der Waals surface area (Å²) in [7, 11) is 0. The lowest BCUT2D eigenvalue weighted by Crippen LogP contribution is -2.32. The molecule has 0 aliphatic carbocycles. The number of alkyl halides is 1. The predicted octanol–water partition coefficient (Wildman–Crippen LogP) is 3.81. The van der Waals surface area contributed by atoms with Gasteiger partial charge in [0.05, 0.1) is 5.37 Å². The standard InChI is InChI=1S/C14H18ClNO2S/c1-7(2)10-6-11(8(3)5-12(10)17)16-9(4)19-13(15)14(16)18/h5-7,9,13,17H,1-4H3. The highest BCUT2D eigenvalue weighted by molar-refractivity contribution is 8.03. The Morgan fingerprint density at radius 3 is 2.53 bits per heavy atom. The van der Waals surface area contributed by atoms with Gasteiger partial charge in [-0.2, -0.15) is 0 Å². The van der Waals surface area contributed by atoms with E-state index in [4.69, 9.17) is 11.6 Å². The van der Waals surface area contributed by atoms with Gasteiger partial charge in [0.25, 0.3) is 5.91 Å². The summed E-state index contributed by atoms with van der Waals surface area (Å²) in [6.45, 7) is 7.89. The van der Waals surface area contributed by atoms with Gasteiger partial charge in [-0.25, -0.2) is 0 Å². The molecular formula is C14H18ClNO2S. The topological polar surface area (TPSA) is 40.5 Å². The van der Waals surface area contributed by atoms with Gasteiger partial charge >= 0.3 is 0 Å². The van der Waals surface area contributed by atoms with Crippen LogP contribution in [-0.4, -0.2) is 21.1 Å². The number of hydrogen-bond donors (Lipinski definition) is 1. The van der Waals surface area contributed by atoms with E-state index in [1.165, 1.54) is 11.8 Å². The van der Waals surface area contributed by atoms with Crippen molar-refractivity contribution in [1.82, 2.24) is 0 Å². The molecule has 5 heteroatoms. The van der Waals surface area contributed by atoms with Crippen LogP contribution in [0.2, 0.25) is 0 Å². The van der Waals surface area contributed by atoms with Crippen molar-refractivity contribution >= 4 is 35.0 Å². The minimum absolute atomic E-state index is 0.0123. The van der Waals surface area contributed by atoms with Crippen LogP contribution >= 0.6 is 23.4 Å². The maximum atomic E-state index is 12.1. The fourth-order valence-corrected chi connectivity index (χ4v) is 3.78. The molecule has 0 bridgehead atoms. The Kier molecular flexibility index (Phi) is 4.02. The molecule has 1 fully saturated rings. The first-order valence-corrected chi connectivity index (χ1v) is 7.67. The van der Waals surface area contributed by atoms with Crippen molar-refractivity contribution in [1.29, 1.82) is 0 Å². The minimum Gasteiger partial charge on any atom is -0.508 e. The first-order chi connectivity index (χ1) is 8.82. The second-order valence-corrected chi connectivity index (χ2v) is 7.23. The third-order valence-electron chi connectivity index (χ3n) is 3.34. The second kappa shape index (κ2) is 5.25. The van der Waals surface area contributed by atoms with Crippen LogP contribution in [-0.2, 0) is 4.79 Å². The Labute approximate surface area is 122 Å². The number of nitrogens with zero attached hydrogens (tertiary/aromatic N) is 1. The number of aryl methyl sites for hydroxylation is 1. The number of phenolic OH excluding ortho intramolecular Hbond substituents is 1. The van der Waals surface area contributed by atoms with Gasteiger partial charge in [-0.15, -0.1) is 23.4 Å². The Morgan fingerprint density at radius 1 is 1.42 bits per heavy atom. The molecule has 1 aliphatic heterocycles. The van der Waals surface area contributed by atoms with Gasteiger partial charge in [-0.05, 0) is 43.0 Å². The average Bonchev–Trinajstić information content (AvgIpc) is 2.54. The van der Waals surface area contributed by atoms with Crippen molar-refractivity contribution < 1.29 is 9.90 Å². The summed E-state index contributed by atoms with van der Waals surface area (Å²) >= 11 is 7.45. The zero-order valence-corrected chi connectivity index (χ0v) is 13.0. The quantitative estimate of drug-likeness (QED) is 0.844. The van der Waals surface area contributed by atoms with E-state index in [9.17, 15) is 9.90 Å². The van der Waals surface area contributed by atoms with Crippen LogP contribution in [0.1, 0.15) is 37.8 Å². The number of thioether (sulfide) groups is 1. The average molecular weight is 300 g/mol. The van der Waals surface area contributed by atoms with Crippen molar-refractivity contribution in [3.05, 3.63) is 23.3 Å². The van der Waals surface area contributed by atoms with Crippen LogP contribution in [0.4, 0.5) is 5.69 Å². The second-order valence-electron chi connectivity index (χ2n) is 5.11. The normalized spacial score (nSPS) is 23.5. The third-order valence-corrected chi connectivity index (χ3v) is 4.88. The molecule has 3 nitrogen and oxygen atoms in total. The highest BCUT2D eigenvalue weighted by Gasteiger charge is 2.38. The maximum absolute atomic E-state index is 12.1. The Balaban J connectivity index is 2.50. The Morgan fingerprint density at radius 2 is 2.05 bits per heavy atom. The van der Waals surface area contributed by atoms with Gasteiger partial charge in [0.15, 0.2) is 4.71 Å². The van der Waals surface area contributed by atoms with E-state index >= 15 is 0 Å². The monoisotopic (exact) mass is 299 g/mol. The fourth-order valence-electron chi connectivity index (χ4n) is 2.31. The van der Waals surface area contributed by atoms with Crippen LogP contribution in [0, 0.1) is 6.92 Å². The minimum atomic E-state index is -0.522. The van der Waals surface area contributed by atoms with E-state index in [1.807, 2.05) is 33.8 Å². The highest BCUT2D eigenvalue weighted by Crippen LogP contribution is 2.41. The number of carbonyl (C=O) groups is 1. The van der Waals surface area contributed by atoms with Gasteiger partial charge < -0.3 is 5.11 Å². The number of amides is 1. The molecule has 1 aliphatic rings. The van der Waals surface area contributed by atoms with Crippen LogP contribution in [0.15, 0.2) is 12.1 Å². The van der Waals surface area contributed by atoms with Gasteiger partial charge in [0.2, 0.25) is 0 Å². The molecule has 1 aromatic carbocycles. The van der Waals surface area contributed by atoms with Crippen molar-refractivity contribution in [3.8, 4) is 5.75 Å². The van der Waals surface area contributed by atoms with E-state index in [0.717, 1.165) is 16.8 Å². The summed E-state index contributed by atoms with van der Waals surface area (Å²) in [4.78, 5) is 13.9. The van der Waals surface area contributed by atoms with E-state index in [0.29, 0.717) is 0 Å². The molecular weight excluding hydrogens is 282 g/mol. The molecule has 0 saturated carbocycles. The number of phenols is 1. The SMILES string of the molecule is Cc1cc(O)c(C(C)C)cc1N1C(=O)C(Cl)SC1C. The van der Waals surface area contributed by atoms with E-state index in [2.05, 4.69) is 0 Å². The number of anilines is 1. The number of benzene rings is 1. The summed E-state index contributed by atoms with van der Waals surface area (Å²) in [6.07, 6.45) is 0. The molecule has 19 heavy (non-hydrogen) atoms. The molecule has 1 amide bonds.